The minimum atomic E-state index is 0.816. The van der Waals surface area contributed by atoms with Crippen molar-refractivity contribution in [3.63, 3.8) is 0 Å². The Balaban J connectivity index is 1.90. The highest BCUT2D eigenvalue weighted by Crippen LogP contribution is 2.27. The van der Waals surface area contributed by atoms with Crippen LogP contribution in [0.2, 0.25) is 0 Å². The molecule has 0 N–H and O–H groups in total. The molecule has 1 heterocycles. The summed E-state index contributed by atoms with van der Waals surface area (Å²) in [6.45, 7) is 0. The quantitative estimate of drug-likeness (QED) is 0.671. The Morgan fingerprint density at radius 1 is 1.08 bits per heavy atom. The fourth-order valence-corrected chi connectivity index (χ4v) is 2.05. The lowest BCUT2D eigenvalue weighted by atomic mass is 9.85. The van der Waals surface area contributed by atoms with Gasteiger partial charge in [0.2, 0.25) is 0 Å². The second-order valence-corrected chi connectivity index (χ2v) is 3.85. The summed E-state index contributed by atoms with van der Waals surface area (Å²) in [5.41, 5.74) is 1.34. The van der Waals surface area contributed by atoms with E-state index in [9.17, 15) is 0 Å². The number of hydrogen-bond donors (Lipinski definition) is 0. The first-order valence-electron chi connectivity index (χ1n) is 5.20. The number of rotatable bonds is 2. The summed E-state index contributed by atoms with van der Waals surface area (Å²) in [5, 5.41) is 0. The number of hydrogen-bond acceptors (Lipinski definition) is 1. The van der Waals surface area contributed by atoms with E-state index in [0.717, 1.165) is 5.92 Å². The zero-order valence-corrected chi connectivity index (χ0v) is 7.95. The van der Waals surface area contributed by atoms with Gasteiger partial charge in [0.05, 0.1) is 0 Å². The van der Waals surface area contributed by atoms with Gasteiger partial charge in [-0.1, -0.05) is 19.3 Å². The standard InChI is InChI=1S/C12H16N/c1-2-4-11(5-3-1)10-12-6-8-13-9-7-12/h6-11H,1-5H2. The van der Waals surface area contributed by atoms with Crippen molar-refractivity contribution in [1.29, 1.82) is 0 Å². The van der Waals surface area contributed by atoms with E-state index in [-0.39, 0.29) is 0 Å². The third-order valence-electron chi connectivity index (χ3n) is 2.78. The molecule has 1 fully saturated rings. The van der Waals surface area contributed by atoms with E-state index in [2.05, 4.69) is 23.5 Å². The molecule has 1 heteroatoms. The molecule has 69 valence electrons. The van der Waals surface area contributed by atoms with Gasteiger partial charge in [0.1, 0.15) is 0 Å². The molecule has 0 bridgehead atoms. The molecule has 0 saturated heterocycles. The Morgan fingerprint density at radius 3 is 2.46 bits per heavy atom. The fraction of sp³-hybridized carbons (Fsp3) is 0.500. The molecule has 1 aromatic rings. The zero-order chi connectivity index (χ0) is 8.93. The molecule has 0 spiro atoms. The molecule has 0 aromatic carbocycles. The Bertz CT molecular complexity index is 237. The van der Waals surface area contributed by atoms with E-state index in [1.54, 1.807) is 0 Å². The van der Waals surface area contributed by atoms with E-state index in [4.69, 9.17) is 0 Å². The summed E-state index contributed by atoms with van der Waals surface area (Å²) in [5.74, 6) is 0.816. The maximum Gasteiger partial charge on any atom is 0.0270 e. The van der Waals surface area contributed by atoms with Crippen LogP contribution in [-0.2, 0) is 0 Å². The van der Waals surface area contributed by atoms with Gasteiger partial charge in [0, 0.05) is 12.4 Å². The van der Waals surface area contributed by atoms with Crippen LogP contribution in [0.5, 0.6) is 0 Å². The highest BCUT2D eigenvalue weighted by molar-refractivity contribution is 5.20. The molecular formula is C12H16N. The van der Waals surface area contributed by atoms with Crippen molar-refractivity contribution < 1.29 is 0 Å². The lowest BCUT2D eigenvalue weighted by molar-refractivity contribution is 0.403. The largest absolute Gasteiger partial charge is 0.265 e. The maximum atomic E-state index is 4.02. The van der Waals surface area contributed by atoms with Crippen LogP contribution in [0.25, 0.3) is 0 Å². The van der Waals surface area contributed by atoms with E-state index < -0.39 is 0 Å². The Kier molecular flexibility index (Phi) is 2.96. The van der Waals surface area contributed by atoms with Crippen molar-refractivity contribution in [2.75, 3.05) is 0 Å². The van der Waals surface area contributed by atoms with Crippen LogP contribution in [0.4, 0.5) is 0 Å². The lowest BCUT2D eigenvalue weighted by Crippen LogP contribution is -2.07. The third-order valence-corrected chi connectivity index (χ3v) is 2.78. The SMILES string of the molecule is [CH](c1ccncc1)C1CCCCC1. The first-order chi connectivity index (χ1) is 6.45. The summed E-state index contributed by atoms with van der Waals surface area (Å²) in [7, 11) is 0. The van der Waals surface area contributed by atoms with Gasteiger partial charge in [-0.25, -0.2) is 0 Å². The summed E-state index contributed by atoms with van der Waals surface area (Å²) in [6, 6.07) is 4.18. The molecule has 1 aromatic heterocycles. The highest BCUT2D eigenvalue weighted by atomic mass is 14.6. The summed E-state index contributed by atoms with van der Waals surface area (Å²) in [4.78, 5) is 4.02. The molecule has 0 atom stereocenters. The molecule has 1 nitrogen and oxygen atoms in total. The van der Waals surface area contributed by atoms with Gasteiger partial charge in [-0.15, -0.1) is 0 Å². The van der Waals surface area contributed by atoms with Gasteiger partial charge in [0.15, 0.2) is 0 Å². The summed E-state index contributed by atoms with van der Waals surface area (Å²) in [6.07, 6.45) is 13.1. The summed E-state index contributed by atoms with van der Waals surface area (Å²) >= 11 is 0. The van der Waals surface area contributed by atoms with Crippen LogP contribution in [0.3, 0.4) is 0 Å². The second-order valence-electron chi connectivity index (χ2n) is 3.85. The van der Waals surface area contributed by atoms with Crippen LogP contribution in [0, 0.1) is 12.3 Å². The number of aromatic nitrogens is 1. The van der Waals surface area contributed by atoms with Gasteiger partial charge >= 0.3 is 0 Å². The maximum absolute atomic E-state index is 4.02. The smallest absolute Gasteiger partial charge is 0.0270 e. The average molecular weight is 174 g/mol. The second kappa shape index (κ2) is 4.40. The molecule has 1 radical (unpaired) electrons. The van der Waals surface area contributed by atoms with Crippen molar-refractivity contribution in [3.8, 4) is 0 Å². The average Bonchev–Trinajstić information content (AvgIpc) is 2.21. The normalized spacial score (nSPS) is 18.8. The minimum Gasteiger partial charge on any atom is -0.265 e. The number of pyridine rings is 1. The van der Waals surface area contributed by atoms with Crippen LogP contribution in [0.15, 0.2) is 24.5 Å². The predicted molar refractivity (Wildman–Crippen MR) is 54.2 cm³/mol. The van der Waals surface area contributed by atoms with Gasteiger partial charge in [-0.2, -0.15) is 0 Å². The lowest BCUT2D eigenvalue weighted by Gasteiger charge is -2.20. The van der Waals surface area contributed by atoms with Gasteiger partial charge in [-0.05, 0) is 42.9 Å². The fourth-order valence-electron chi connectivity index (χ4n) is 2.05. The Labute approximate surface area is 80.2 Å². The van der Waals surface area contributed by atoms with E-state index >= 15 is 0 Å². The third kappa shape index (κ3) is 2.55. The van der Waals surface area contributed by atoms with Crippen LogP contribution in [-0.4, -0.2) is 4.98 Å². The predicted octanol–water partition coefficient (Wildman–Crippen LogP) is 3.21. The van der Waals surface area contributed by atoms with Gasteiger partial charge in [0.25, 0.3) is 0 Å². The Hall–Kier alpha value is -0.850. The molecule has 1 aliphatic rings. The first kappa shape index (κ1) is 8.74. The van der Waals surface area contributed by atoms with Crippen LogP contribution >= 0.6 is 0 Å². The molecule has 1 saturated carbocycles. The van der Waals surface area contributed by atoms with Crippen molar-refractivity contribution in [2.45, 2.75) is 32.1 Å². The first-order valence-corrected chi connectivity index (χ1v) is 5.20. The highest BCUT2D eigenvalue weighted by Gasteiger charge is 2.13. The Morgan fingerprint density at radius 2 is 1.77 bits per heavy atom. The topological polar surface area (TPSA) is 12.9 Å². The minimum absolute atomic E-state index is 0.816. The molecule has 1 aliphatic carbocycles. The molecule has 0 unspecified atom stereocenters. The molecule has 13 heavy (non-hydrogen) atoms. The van der Waals surface area contributed by atoms with Crippen molar-refractivity contribution in [2.24, 2.45) is 5.92 Å². The van der Waals surface area contributed by atoms with Gasteiger partial charge < -0.3 is 0 Å². The van der Waals surface area contributed by atoms with Crippen molar-refractivity contribution >= 4 is 0 Å². The zero-order valence-electron chi connectivity index (χ0n) is 7.95. The monoisotopic (exact) mass is 174 g/mol. The van der Waals surface area contributed by atoms with Gasteiger partial charge in [-0.3, -0.25) is 4.98 Å². The van der Waals surface area contributed by atoms with E-state index in [0.29, 0.717) is 0 Å². The van der Waals surface area contributed by atoms with E-state index in [1.165, 1.54) is 37.7 Å². The summed E-state index contributed by atoms with van der Waals surface area (Å²) < 4.78 is 0. The molecule has 2 rings (SSSR count). The molecule has 0 amide bonds. The molecule has 0 aliphatic heterocycles. The van der Waals surface area contributed by atoms with Crippen LogP contribution < -0.4 is 0 Å². The van der Waals surface area contributed by atoms with Crippen molar-refractivity contribution in [3.05, 3.63) is 36.5 Å². The number of nitrogens with zero attached hydrogens (tertiary/aromatic N) is 1. The molecular weight excluding hydrogens is 158 g/mol. The van der Waals surface area contributed by atoms with Crippen molar-refractivity contribution in [1.82, 2.24) is 4.98 Å². The van der Waals surface area contributed by atoms with Crippen LogP contribution in [0.1, 0.15) is 37.7 Å². The van der Waals surface area contributed by atoms with E-state index in [1.807, 2.05) is 12.4 Å².